The molecule has 32 valence electrons. The van der Waals surface area contributed by atoms with E-state index in [1.54, 1.807) is 0 Å². The van der Waals surface area contributed by atoms with Gasteiger partial charge in [0.05, 0.1) is 0 Å². The molecule has 0 N–H and O–H groups in total. The molecule has 0 saturated carbocycles. The maximum atomic E-state index is 8.28. The van der Waals surface area contributed by atoms with Crippen molar-refractivity contribution in [2.45, 2.75) is 0 Å². The number of hydrogen-bond donors (Lipinski definition) is 0. The van der Waals surface area contributed by atoms with Gasteiger partial charge in [0.15, 0.2) is 0 Å². The molecule has 2 nitrogen and oxygen atoms in total. The second-order valence-corrected chi connectivity index (χ2v) is 0. The Morgan fingerprint density at radius 1 is 1.20 bits per heavy atom. The molecule has 5 heavy (non-hydrogen) atoms. The maximum absolute atomic E-state index is 8.28. The summed E-state index contributed by atoms with van der Waals surface area (Å²) in [4.78, 5) is 0. The molecule has 0 spiro atoms. The third-order valence-corrected chi connectivity index (χ3v) is 0. The van der Waals surface area contributed by atoms with Gasteiger partial charge in [0, 0.05) is 0 Å². The standard InChI is InChI=1S/Bi.H2OSi.OTe.3H/c;2*1-2;;;/h;2H2;;;;. The molecule has 0 aromatic rings. The van der Waals surface area contributed by atoms with Gasteiger partial charge in [-0.3, -0.25) is 0 Å². The molecule has 0 aliphatic rings. The molecule has 0 aromatic heterocycles. The molecule has 0 amide bonds. The van der Waals surface area contributed by atoms with Crippen molar-refractivity contribution in [1.82, 2.24) is 0 Å². The van der Waals surface area contributed by atoms with Crippen LogP contribution in [-0.2, 0) is 7.57 Å². The van der Waals surface area contributed by atoms with Crippen molar-refractivity contribution in [3.63, 3.8) is 0 Å². The van der Waals surface area contributed by atoms with Gasteiger partial charge in [0.1, 0.15) is 0 Å². The van der Waals surface area contributed by atoms with Crippen molar-refractivity contribution in [3.05, 3.63) is 0 Å². The Morgan fingerprint density at radius 3 is 1.20 bits per heavy atom. The average molecular weight is 402 g/mol. The van der Waals surface area contributed by atoms with Gasteiger partial charge in [-0.2, -0.15) is 0 Å². The topological polar surface area (TPSA) is 34.1 Å². The van der Waals surface area contributed by atoms with E-state index >= 15 is 0 Å². The molecule has 0 saturated heterocycles. The summed E-state index contributed by atoms with van der Waals surface area (Å²) in [7, 11) is 0.611. The third kappa shape index (κ3) is 30.1. The zero-order valence-corrected chi connectivity index (χ0v) is 11.9. The van der Waals surface area contributed by atoms with Crippen molar-refractivity contribution < 1.29 is 7.57 Å². The van der Waals surface area contributed by atoms with Crippen LogP contribution in [-0.4, -0.2) is 58.6 Å². The van der Waals surface area contributed by atoms with Crippen molar-refractivity contribution in [1.29, 1.82) is 0 Å². The van der Waals surface area contributed by atoms with E-state index in [-0.39, 0.29) is 26.2 Å². The predicted molar refractivity (Wildman–Crippen MR) is 25.6 cm³/mol. The normalized spacial score (nSPS) is 1.60. The van der Waals surface area contributed by atoms with E-state index in [0.29, 0.717) is 32.4 Å². The molecule has 5 heteroatoms. The van der Waals surface area contributed by atoms with Crippen molar-refractivity contribution in [2.75, 3.05) is 0 Å². The molecule has 0 rings (SSSR count). The third-order valence-electron chi connectivity index (χ3n) is 0. The molecule has 0 atom stereocenters. The first-order chi connectivity index (χ1) is 2.00. The predicted octanol–water partition coefficient (Wildman–Crippen LogP) is -2.72. The summed E-state index contributed by atoms with van der Waals surface area (Å²) in [6, 6.07) is 0. The molecule has 0 aliphatic heterocycles. The van der Waals surface area contributed by atoms with Crippen molar-refractivity contribution in [2.24, 2.45) is 0 Å². The molecule has 0 aromatic carbocycles. The molecule has 0 bridgehead atoms. The summed E-state index contributed by atoms with van der Waals surface area (Å²) in [5.41, 5.74) is 0. The molecule has 0 heterocycles. The van der Waals surface area contributed by atoms with E-state index in [1.165, 1.54) is 0 Å². The molecule has 0 fully saturated rings. The Morgan fingerprint density at radius 2 is 1.20 bits per heavy atom. The summed E-state index contributed by atoms with van der Waals surface area (Å²) in [5, 5.41) is 0. The summed E-state index contributed by atoms with van der Waals surface area (Å²) in [5.74, 6) is 0. The van der Waals surface area contributed by atoms with Gasteiger partial charge in [0.25, 0.3) is 0 Å². The Hall–Kier alpha value is 1.49. The first-order valence-electron chi connectivity index (χ1n) is 0.455. The quantitative estimate of drug-likeness (QED) is 0.414. The second kappa shape index (κ2) is 49.9. The summed E-state index contributed by atoms with van der Waals surface area (Å²) >= 11 is 0.700. The average Bonchev–Trinajstić information content (AvgIpc) is 1.50. The second-order valence-electron chi connectivity index (χ2n) is 0. The van der Waals surface area contributed by atoms with Gasteiger partial charge in [-0.15, -0.1) is 0 Å². The van der Waals surface area contributed by atoms with Crippen LogP contribution in [0.4, 0.5) is 0 Å². The van der Waals surface area contributed by atoms with Crippen LogP contribution < -0.4 is 0 Å². The first kappa shape index (κ1) is 16.1. The molecular weight excluding hydrogens is 397 g/mol. The van der Waals surface area contributed by atoms with Crippen LogP contribution in [0.25, 0.3) is 0 Å². The fourth-order valence-electron chi connectivity index (χ4n) is 0. The summed E-state index contributed by atoms with van der Waals surface area (Å²) in [6.07, 6.45) is 0. The monoisotopic (exact) mass is 404 g/mol. The Balaban J connectivity index is -0.0000000133. The Labute approximate surface area is 65.6 Å². The number of rotatable bonds is 0. The molecule has 0 unspecified atom stereocenters. The zero-order valence-electron chi connectivity index (χ0n) is 2.64. The SMILES string of the molecule is O=[SiH2].O=[Te].[BiH3]. The van der Waals surface area contributed by atoms with Gasteiger partial charge < -0.3 is 4.46 Å². The Bertz CT molecular complexity index is 11.6. The van der Waals surface area contributed by atoms with Gasteiger partial charge >= 0.3 is 51.6 Å². The van der Waals surface area contributed by atoms with Gasteiger partial charge in [0.2, 0.25) is 10.1 Å². The number of hydrogen-bond acceptors (Lipinski definition) is 2. The molecule has 0 radical (unpaired) electrons. The van der Waals surface area contributed by atoms with Crippen molar-refractivity contribution >= 4 is 58.6 Å². The fourth-order valence-corrected chi connectivity index (χ4v) is 0. The molecule has 0 aliphatic carbocycles. The van der Waals surface area contributed by atoms with E-state index in [4.69, 9.17) is 7.57 Å². The summed E-state index contributed by atoms with van der Waals surface area (Å²) < 4.78 is 16.5. The van der Waals surface area contributed by atoms with E-state index in [2.05, 4.69) is 0 Å². The van der Waals surface area contributed by atoms with Gasteiger partial charge in [-0.1, -0.05) is 0 Å². The van der Waals surface area contributed by atoms with Crippen LogP contribution in [0.1, 0.15) is 0 Å². The Kier molecular flexibility index (Phi) is 160. The van der Waals surface area contributed by atoms with Crippen LogP contribution >= 0.6 is 0 Å². The van der Waals surface area contributed by atoms with E-state index in [9.17, 15) is 0 Å². The fraction of sp³-hybridized carbons (Fsp3) is 0. The van der Waals surface area contributed by atoms with Crippen LogP contribution in [0.3, 0.4) is 0 Å². The van der Waals surface area contributed by atoms with Gasteiger partial charge in [-0.05, 0) is 0 Å². The van der Waals surface area contributed by atoms with Crippen LogP contribution in [0, 0.1) is 0 Å². The van der Waals surface area contributed by atoms with Crippen LogP contribution in [0.15, 0.2) is 0 Å². The molecular formula is H5BiO2SiTe. The first-order valence-corrected chi connectivity index (χ1v) is 1.98. The van der Waals surface area contributed by atoms with Crippen LogP contribution in [0.5, 0.6) is 0 Å². The van der Waals surface area contributed by atoms with E-state index < -0.39 is 0 Å². The van der Waals surface area contributed by atoms with Gasteiger partial charge in [-0.25, -0.2) is 0 Å². The van der Waals surface area contributed by atoms with E-state index in [1.807, 2.05) is 0 Å². The van der Waals surface area contributed by atoms with Crippen molar-refractivity contribution in [3.8, 4) is 0 Å². The summed E-state index contributed by atoms with van der Waals surface area (Å²) in [6.45, 7) is 0. The minimum absolute atomic E-state index is 0. The van der Waals surface area contributed by atoms with Crippen LogP contribution in [0.2, 0.25) is 0 Å². The van der Waals surface area contributed by atoms with E-state index in [0.717, 1.165) is 0 Å². The minimum atomic E-state index is 0. The zero-order chi connectivity index (χ0) is 4.00.